The highest BCUT2D eigenvalue weighted by atomic mass is 19.3. The summed E-state index contributed by atoms with van der Waals surface area (Å²) in [5.74, 6) is 1.74. The molecule has 8 heteroatoms. The Morgan fingerprint density at radius 1 is 1.19 bits per heavy atom. The van der Waals surface area contributed by atoms with Crippen molar-refractivity contribution in [2.75, 3.05) is 13.7 Å². The SMILES string of the molecule is CCOc1cc(CN(C)Cc2ncnn2CC(C)C)ccc1OC(F)F. The molecule has 0 unspecified atom stereocenters. The van der Waals surface area contributed by atoms with Gasteiger partial charge in [0.1, 0.15) is 12.2 Å². The molecule has 1 aromatic heterocycles. The Bertz CT molecular complexity index is 692. The van der Waals surface area contributed by atoms with E-state index in [2.05, 4.69) is 33.6 Å². The Hall–Kier alpha value is -2.22. The largest absolute Gasteiger partial charge is 0.490 e. The van der Waals surface area contributed by atoms with Crippen molar-refractivity contribution in [3.63, 3.8) is 0 Å². The topological polar surface area (TPSA) is 52.4 Å². The summed E-state index contributed by atoms with van der Waals surface area (Å²) in [5, 5.41) is 4.27. The number of alkyl halides is 2. The molecule has 2 aromatic rings. The Kier molecular flexibility index (Phi) is 7.32. The van der Waals surface area contributed by atoms with Gasteiger partial charge in [0.05, 0.1) is 13.2 Å². The molecular formula is C18H26F2N4O2. The number of nitrogens with zero attached hydrogens (tertiary/aromatic N) is 4. The van der Waals surface area contributed by atoms with Crippen LogP contribution in [0.25, 0.3) is 0 Å². The summed E-state index contributed by atoms with van der Waals surface area (Å²) in [7, 11) is 1.97. The van der Waals surface area contributed by atoms with Gasteiger partial charge in [0.15, 0.2) is 11.5 Å². The standard InChI is InChI=1S/C18H26F2N4O2/c1-5-25-16-8-14(6-7-15(16)26-18(19)20)10-23(4)11-17-21-12-22-24(17)9-13(2)3/h6-8,12-13,18H,5,9-11H2,1-4H3. The average molecular weight is 368 g/mol. The third-order valence-corrected chi connectivity index (χ3v) is 3.62. The van der Waals surface area contributed by atoms with Crippen molar-refractivity contribution in [2.45, 2.75) is 47.0 Å². The maximum Gasteiger partial charge on any atom is 0.387 e. The van der Waals surface area contributed by atoms with E-state index in [-0.39, 0.29) is 5.75 Å². The van der Waals surface area contributed by atoms with Crippen molar-refractivity contribution in [1.29, 1.82) is 0 Å². The lowest BCUT2D eigenvalue weighted by Crippen LogP contribution is -2.21. The van der Waals surface area contributed by atoms with Gasteiger partial charge in [0.25, 0.3) is 0 Å². The highest BCUT2D eigenvalue weighted by Crippen LogP contribution is 2.30. The van der Waals surface area contributed by atoms with Gasteiger partial charge in [-0.05, 0) is 37.6 Å². The van der Waals surface area contributed by atoms with Crippen LogP contribution in [0.1, 0.15) is 32.2 Å². The van der Waals surface area contributed by atoms with Crippen LogP contribution in [0, 0.1) is 5.92 Å². The summed E-state index contributed by atoms with van der Waals surface area (Å²) in [6.45, 7) is 5.62. The van der Waals surface area contributed by atoms with E-state index in [1.165, 1.54) is 6.07 Å². The number of halogens is 2. The van der Waals surface area contributed by atoms with Crippen molar-refractivity contribution in [3.05, 3.63) is 35.9 Å². The third kappa shape index (κ3) is 5.94. The zero-order valence-electron chi connectivity index (χ0n) is 15.7. The Morgan fingerprint density at radius 2 is 1.96 bits per heavy atom. The molecule has 0 saturated carbocycles. The zero-order valence-corrected chi connectivity index (χ0v) is 15.7. The van der Waals surface area contributed by atoms with E-state index in [9.17, 15) is 8.78 Å². The smallest absolute Gasteiger partial charge is 0.387 e. The minimum Gasteiger partial charge on any atom is -0.490 e. The summed E-state index contributed by atoms with van der Waals surface area (Å²) < 4.78 is 36.8. The molecule has 0 atom stereocenters. The summed E-state index contributed by atoms with van der Waals surface area (Å²) in [6, 6.07) is 5.01. The first-order valence-electron chi connectivity index (χ1n) is 8.64. The van der Waals surface area contributed by atoms with E-state index in [1.54, 1.807) is 25.4 Å². The fourth-order valence-corrected chi connectivity index (χ4v) is 2.63. The van der Waals surface area contributed by atoms with Crippen LogP contribution in [0.2, 0.25) is 0 Å². The molecule has 0 aliphatic carbocycles. The second kappa shape index (κ2) is 9.47. The first kappa shape index (κ1) is 20.1. The molecule has 0 aliphatic heterocycles. The Morgan fingerprint density at radius 3 is 2.62 bits per heavy atom. The van der Waals surface area contributed by atoms with Crippen LogP contribution in [-0.4, -0.2) is 39.9 Å². The van der Waals surface area contributed by atoms with Gasteiger partial charge in [0, 0.05) is 13.1 Å². The monoisotopic (exact) mass is 368 g/mol. The molecule has 144 valence electrons. The number of hydrogen-bond donors (Lipinski definition) is 0. The molecule has 0 bridgehead atoms. The number of rotatable bonds is 10. The van der Waals surface area contributed by atoms with E-state index in [4.69, 9.17) is 4.74 Å². The minimum atomic E-state index is -2.88. The average Bonchev–Trinajstić information content (AvgIpc) is 2.95. The Labute approximate surface area is 152 Å². The van der Waals surface area contributed by atoms with Gasteiger partial charge < -0.3 is 9.47 Å². The fourth-order valence-electron chi connectivity index (χ4n) is 2.63. The lowest BCUT2D eigenvalue weighted by Gasteiger charge is -2.18. The van der Waals surface area contributed by atoms with Gasteiger partial charge in [-0.2, -0.15) is 13.9 Å². The van der Waals surface area contributed by atoms with Crippen LogP contribution in [0.3, 0.4) is 0 Å². The minimum absolute atomic E-state index is 0.0462. The maximum absolute atomic E-state index is 12.5. The van der Waals surface area contributed by atoms with Crippen molar-refractivity contribution >= 4 is 0 Å². The van der Waals surface area contributed by atoms with E-state index in [0.717, 1.165) is 17.9 Å². The molecule has 0 radical (unpaired) electrons. The van der Waals surface area contributed by atoms with Crippen LogP contribution >= 0.6 is 0 Å². The zero-order chi connectivity index (χ0) is 19.1. The second-order valence-electron chi connectivity index (χ2n) is 6.52. The van der Waals surface area contributed by atoms with Gasteiger partial charge in [0.2, 0.25) is 0 Å². The number of hydrogen-bond acceptors (Lipinski definition) is 5. The van der Waals surface area contributed by atoms with Gasteiger partial charge in [-0.15, -0.1) is 0 Å². The quantitative estimate of drug-likeness (QED) is 0.642. The predicted molar refractivity (Wildman–Crippen MR) is 94.3 cm³/mol. The van der Waals surface area contributed by atoms with Crippen LogP contribution in [0.5, 0.6) is 11.5 Å². The molecular weight excluding hydrogens is 342 g/mol. The molecule has 2 rings (SSSR count). The summed E-state index contributed by atoms with van der Waals surface area (Å²) in [4.78, 5) is 6.41. The molecule has 1 aromatic carbocycles. The van der Waals surface area contributed by atoms with E-state index < -0.39 is 6.61 Å². The molecule has 0 spiro atoms. The first-order chi connectivity index (χ1) is 12.4. The van der Waals surface area contributed by atoms with Crippen LogP contribution in [0.15, 0.2) is 24.5 Å². The second-order valence-corrected chi connectivity index (χ2v) is 6.52. The summed E-state index contributed by atoms with van der Waals surface area (Å²) in [6.07, 6.45) is 1.56. The summed E-state index contributed by atoms with van der Waals surface area (Å²) >= 11 is 0. The molecule has 26 heavy (non-hydrogen) atoms. The fraction of sp³-hybridized carbons (Fsp3) is 0.556. The van der Waals surface area contributed by atoms with Gasteiger partial charge in [-0.1, -0.05) is 19.9 Å². The first-order valence-corrected chi connectivity index (χ1v) is 8.64. The van der Waals surface area contributed by atoms with Crippen molar-refractivity contribution in [2.24, 2.45) is 5.92 Å². The number of aromatic nitrogens is 3. The van der Waals surface area contributed by atoms with Gasteiger partial charge >= 0.3 is 6.61 Å². The molecule has 0 amide bonds. The van der Waals surface area contributed by atoms with Crippen molar-refractivity contribution in [1.82, 2.24) is 19.7 Å². The van der Waals surface area contributed by atoms with Crippen LogP contribution in [0.4, 0.5) is 8.78 Å². The maximum atomic E-state index is 12.5. The van der Waals surface area contributed by atoms with Crippen molar-refractivity contribution < 1.29 is 18.3 Å². The Balaban J connectivity index is 2.05. The highest BCUT2D eigenvalue weighted by molar-refractivity contribution is 5.43. The molecule has 0 aliphatic rings. The molecule has 6 nitrogen and oxygen atoms in total. The van der Waals surface area contributed by atoms with Gasteiger partial charge in [-0.25, -0.2) is 9.67 Å². The predicted octanol–water partition coefficient (Wildman–Crippen LogP) is 3.57. The number of ether oxygens (including phenoxy) is 2. The lowest BCUT2D eigenvalue weighted by atomic mass is 10.2. The third-order valence-electron chi connectivity index (χ3n) is 3.62. The van der Waals surface area contributed by atoms with E-state index in [1.807, 2.05) is 11.7 Å². The molecule has 1 heterocycles. The van der Waals surface area contributed by atoms with Crippen LogP contribution < -0.4 is 9.47 Å². The highest BCUT2D eigenvalue weighted by Gasteiger charge is 2.14. The molecule has 0 N–H and O–H groups in total. The summed E-state index contributed by atoms with van der Waals surface area (Å²) in [5.41, 5.74) is 0.937. The van der Waals surface area contributed by atoms with Crippen LogP contribution in [-0.2, 0) is 19.6 Å². The van der Waals surface area contributed by atoms with Crippen molar-refractivity contribution in [3.8, 4) is 11.5 Å². The molecule has 0 fully saturated rings. The van der Waals surface area contributed by atoms with E-state index >= 15 is 0 Å². The number of benzene rings is 1. The normalized spacial score (nSPS) is 11.6. The lowest BCUT2D eigenvalue weighted by molar-refractivity contribution is -0.0514. The van der Waals surface area contributed by atoms with E-state index in [0.29, 0.717) is 31.4 Å². The van der Waals surface area contributed by atoms with Gasteiger partial charge in [-0.3, -0.25) is 4.90 Å². The molecule has 0 saturated heterocycles.